The van der Waals surface area contributed by atoms with Crippen LogP contribution in [0, 0.1) is 11.8 Å². The number of Topliss-reactive ketones (excluding diaryl/α,β-unsaturated/α-hetero) is 1. The summed E-state index contributed by atoms with van der Waals surface area (Å²) in [4.78, 5) is 24.5. The molecule has 12 nitrogen and oxygen atoms in total. The van der Waals surface area contributed by atoms with Crippen molar-refractivity contribution in [1.82, 2.24) is 0 Å². The van der Waals surface area contributed by atoms with E-state index in [1.165, 1.54) is 0 Å². The summed E-state index contributed by atoms with van der Waals surface area (Å²) in [7, 11) is 1.06. The van der Waals surface area contributed by atoms with Crippen LogP contribution < -0.4 is 0 Å². The number of esters is 1. The van der Waals surface area contributed by atoms with E-state index in [-0.39, 0.29) is 6.42 Å². The van der Waals surface area contributed by atoms with Crippen LogP contribution in [0.1, 0.15) is 6.42 Å². The molecule has 0 aromatic rings. The predicted molar refractivity (Wildman–Crippen MR) is 88.5 cm³/mol. The molecule has 1 saturated heterocycles. The molecule has 9 unspecified atom stereocenters. The van der Waals surface area contributed by atoms with Crippen LogP contribution in [0.15, 0.2) is 11.8 Å². The lowest BCUT2D eigenvalue weighted by Gasteiger charge is -2.44. The van der Waals surface area contributed by atoms with Gasteiger partial charge in [0.2, 0.25) is 6.29 Å². The third-order valence-electron chi connectivity index (χ3n) is 5.64. The van der Waals surface area contributed by atoms with Crippen molar-refractivity contribution in [3.05, 3.63) is 11.8 Å². The lowest BCUT2D eigenvalue weighted by atomic mass is 9.78. The Hall–Kier alpha value is -1.64. The second kappa shape index (κ2) is 8.24. The van der Waals surface area contributed by atoms with E-state index in [2.05, 4.69) is 4.74 Å². The molecule has 164 valence electrons. The normalized spacial score (nSPS) is 44.7. The molecule has 0 amide bonds. The summed E-state index contributed by atoms with van der Waals surface area (Å²) < 4.78 is 20.7. The highest BCUT2D eigenvalue weighted by Gasteiger charge is 2.64. The lowest BCUT2D eigenvalue weighted by molar-refractivity contribution is -0.346. The van der Waals surface area contributed by atoms with Crippen molar-refractivity contribution in [3.8, 4) is 0 Å². The van der Waals surface area contributed by atoms with Gasteiger partial charge in [0.1, 0.15) is 36.3 Å². The molecule has 29 heavy (non-hydrogen) atoms. The van der Waals surface area contributed by atoms with E-state index in [0.717, 1.165) is 13.4 Å². The Morgan fingerprint density at radius 2 is 1.86 bits per heavy atom. The number of aliphatic hydroxyl groups is 6. The molecule has 0 aromatic carbocycles. The second-order valence-electron chi connectivity index (χ2n) is 7.22. The average molecular weight is 420 g/mol. The Morgan fingerprint density at radius 3 is 2.45 bits per heavy atom. The predicted octanol–water partition coefficient (Wildman–Crippen LogP) is -3.86. The first-order chi connectivity index (χ1) is 13.7. The maximum Gasteiger partial charge on any atom is 0.340 e. The molecular formula is C17H24O12. The maximum atomic E-state index is 12.5. The van der Waals surface area contributed by atoms with Gasteiger partial charge >= 0.3 is 5.97 Å². The van der Waals surface area contributed by atoms with E-state index >= 15 is 0 Å². The van der Waals surface area contributed by atoms with Crippen molar-refractivity contribution >= 4 is 11.8 Å². The van der Waals surface area contributed by atoms with Crippen molar-refractivity contribution < 1.29 is 59.2 Å². The van der Waals surface area contributed by atoms with E-state index in [9.17, 15) is 40.2 Å². The van der Waals surface area contributed by atoms with Gasteiger partial charge in [-0.1, -0.05) is 0 Å². The summed E-state index contributed by atoms with van der Waals surface area (Å²) in [5.74, 6) is -3.86. The van der Waals surface area contributed by atoms with Crippen molar-refractivity contribution in [3.63, 3.8) is 0 Å². The van der Waals surface area contributed by atoms with Crippen LogP contribution in [0.25, 0.3) is 0 Å². The minimum Gasteiger partial charge on any atom is -0.471 e. The number of rotatable bonds is 5. The van der Waals surface area contributed by atoms with E-state index in [0.29, 0.717) is 0 Å². The van der Waals surface area contributed by atoms with Crippen LogP contribution in [0.4, 0.5) is 0 Å². The van der Waals surface area contributed by atoms with Crippen LogP contribution in [0.5, 0.6) is 0 Å². The minimum absolute atomic E-state index is 0.274. The molecule has 1 saturated carbocycles. The monoisotopic (exact) mass is 420 g/mol. The fourth-order valence-electron chi connectivity index (χ4n) is 4.03. The van der Waals surface area contributed by atoms with Gasteiger partial charge in [-0.05, 0) is 0 Å². The zero-order valence-electron chi connectivity index (χ0n) is 15.5. The number of aliphatic hydroxyl groups excluding tert-OH is 5. The van der Waals surface area contributed by atoms with Gasteiger partial charge in [-0.3, -0.25) is 4.79 Å². The average Bonchev–Trinajstić information content (AvgIpc) is 2.99. The SMILES string of the molecule is COC(=O)C1=COC(OC2OC(CO)C(O)C(O)C2O)C2C(CO)CC(=O)C12O. The van der Waals surface area contributed by atoms with Gasteiger partial charge in [-0.15, -0.1) is 0 Å². The van der Waals surface area contributed by atoms with Gasteiger partial charge in [0.05, 0.1) is 19.6 Å². The molecule has 0 aromatic heterocycles. The van der Waals surface area contributed by atoms with Crippen LogP contribution >= 0.6 is 0 Å². The number of ether oxygens (including phenoxy) is 4. The van der Waals surface area contributed by atoms with Gasteiger partial charge < -0.3 is 49.6 Å². The molecule has 0 radical (unpaired) electrons. The first-order valence-corrected chi connectivity index (χ1v) is 8.97. The van der Waals surface area contributed by atoms with E-state index in [1.807, 2.05) is 0 Å². The number of ketones is 1. The van der Waals surface area contributed by atoms with E-state index < -0.39 is 85.0 Å². The van der Waals surface area contributed by atoms with Crippen LogP contribution in [-0.2, 0) is 28.5 Å². The lowest BCUT2D eigenvalue weighted by Crippen LogP contribution is -2.61. The summed E-state index contributed by atoms with van der Waals surface area (Å²) in [5, 5.41) is 59.9. The number of methoxy groups -OCH3 is 1. The number of fused-ring (bicyclic) bond motifs is 1. The summed E-state index contributed by atoms with van der Waals surface area (Å²) in [5.41, 5.74) is -2.82. The molecule has 2 aliphatic heterocycles. The summed E-state index contributed by atoms with van der Waals surface area (Å²) in [6.07, 6.45) is -8.88. The van der Waals surface area contributed by atoms with Crippen molar-refractivity contribution in [1.29, 1.82) is 0 Å². The number of carbonyl (C=O) groups excluding carboxylic acids is 2. The quantitative estimate of drug-likeness (QED) is 0.238. The minimum atomic E-state index is -2.36. The smallest absolute Gasteiger partial charge is 0.340 e. The highest BCUT2D eigenvalue weighted by atomic mass is 16.8. The standard InChI is InChI=1S/C17H24O12/c1-26-14(24)7-5-27-15(10-6(3-18)2-9(20)17(7,10)25)29-16-13(23)12(22)11(21)8(4-19)28-16/h5-6,8,10-13,15-16,18-19,21-23,25H,2-4H2,1H3. The summed E-state index contributed by atoms with van der Waals surface area (Å²) in [6, 6.07) is 0. The van der Waals surface area contributed by atoms with Crippen LogP contribution in [-0.4, -0.2) is 105 Å². The molecule has 2 fully saturated rings. The van der Waals surface area contributed by atoms with Gasteiger partial charge in [-0.25, -0.2) is 4.79 Å². The van der Waals surface area contributed by atoms with Crippen molar-refractivity contribution in [2.24, 2.45) is 11.8 Å². The van der Waals surface area contributed by atoms with Crippen LogP contribution in [0.3, 0.4) is 0 Å². The van der Waals surface area contributed by atoms with Gasteiger partial charge in [0, 0.05) is 18.9 Å². The maximum absolute atomic E-state index is 12.5. The molecule has 0 spiro atoms. The molecule has 0 bridgehead atoms. The van der Waals surface area contributed by atoms with Crippen molar-refractivity contribution in [2.75, 3.05) is 20.3 Å². The second-order valence-corrected chi connectivity index (χ2v) is 7.22. The first-order valence-electron chi connectivity index (χ1n) is 8.97. The van der Waals surface area contributed by atoms with Gasteiger partial charge in [-0.2, -0.15) is 0 Å². The number of hydrogen-bond acceptors (Lipinski definition) is 12. The van der Waals surface area contributed by atoms with Crippen molar-refractivity contribution in [2.45, 2.75) is 49.0 Å². The fraction of sp³-hybridized carbons (Fsp3) is 0.765. The third-order valence-corrected chi connectivity index (χ3v) is 5.64. The number of carbonyl (C=O) groups is 2. The zero-order chi connectivity index (χ0) is 21.5. The topological polar surface area (TPSA) is 192 Å². The Balaban J connectivity index is 1.91. The molecule has 6 N–H and O–H groups in total. The highest BCUT2D eigenvalue weighted by molar-refractivity contribution is 6.04. The Labute approximate surface area is 164 Å². The molecule has 3 aliphatic rings. The van der Waals surface area contributed by atoms with Crippen LogP contribution in [0.2, 0.25) is 0 Å². The van der Waals surface area contributed by atoms with Gasteiger partial charge in [0.25, 0.3) is 0 Å². The van der Waals surface area contributed by atoms with E-state index in [4.69, 9.17) is 14.2 Å². The molecule has 2 heterocycles. The Bertz CT molecular complexity index is 677. The summed E-state index contributed by atoms with van der Waals surface area (Å²) in [6.45, 7) is -1.22. The molecule has 12 heteroatoms. The molecule has 1 aliphatic carbocycles. The molecule has 9 atom stereocenters. The van der Waals surface area contributed by atoms with E-state index in [1.54, 1.807) is 0 Å². The first kappa shape index (κ1) is 22.1. The molecule has 3 rings (SSSR count). The molecular weight excluding hydrogens is 396 g/mol. The fourth-order valence-corrected chi connectivity index (χ4v) is 4.03. The highest BCUT2D eigenvalue weighted by Crippen LogP contribution is 2.48. The number of hydrogen-bond donors (Lipinski definition) is 6. The summed E-state index contributed by atoms with van der Waals surface area (Å²) >= 11 is 0. The Morgan fingerprint density at radius 1 is 1.17 bits per heavy atom. The largest absolute Gasteiger partial charge is 0.471 e. The van der Waals surface area contributed by atoms with Gasteiger partial charge in [0.15, 0.2) is 17.7 Å². The zero-order valence-corrected chi connectivity index (χ0v) is 15.5. The third kappa shape index (κ3) is 3.45. The Kier molecular flexibility index (Phi) is 6.27.